The molecule has 2 aromatic carbocycles. The number of hydrogen-bond acceptors (Lipinski definition) is 4. The smallest absolute Gasteiger partial charge is 0.309 e. The molecule has 0 bridgehead atoms. The lowest BCUT2D eigenvalue weighted by Gasteiger charge is -2.38. The van der Waals surface area contributed by atoms with E-state index in [1.807, 2.05) is 6.07 Å². The number of fused-ring (bicyclic) bond motifs is 1. The van der Waals surface area contributed by atoms with Crippen LogP contribution in [0.3, 0.4) is 0 Å². The van der Waals surface area contributed by atoms with Gasteiger partial charge in [-0.05, 0) is 66.6 Å². The van der Waals surface area contributed by atoms with Crippen molar-refractivity contribution in [3.05, 3.63) is 64.2 Å². The van der Waals surface area contributed by atoms with Crippen molar-refractivity contribution >= 4 is 11.5 Å². The Morgan fingerprint density at radius 1 is 1.16 bits per heavy atom. The number of methoxy groups -OCH3 is 1. The summed E-state index contributed by atoms with van der Waals surface area (Å²) >= 11 is 0. The monoisotopic (exact) mass is 421 g/mol. The highest BCUT2D eigenvalue weighted by Gasteiger charge is 2.33. The molecule has 0 atom stereocenters. The van der Waals surface area contributed by atoms with Crippen LogP contribution in [0, 0.1) is 5.92 Å². The molecule has 0 amide bonds. The second-order valence-electron chi connectivity index (χ2n) is 8.57. The Balaban J connectivity index is 1.42. The maximum Gasteiger partial charge on any atom is 0.309 e. The van der Waals surface area contributed by atoms with Gasteiger partial charge in [0.05, 0.1) is 13.0 Å². The molecule has 1 aliphatic heterocycles. The average molecular weight is 422 g/mol. The van der Waals surface area contributed by atoms with E-state index in [0.29, 0.717) is 19.7 Å². The summed E-state index contributed by atoms with van der Waals surface area (Å²) in [6.45, 7) is 6.99. The highest BCUT2D eigenvalue weighted by Crippen LogP contribution is 2.35. The summed E-state index contributed by atoms with van der Waals surface area (Å²) in [5.41, 5.74) is 7.65. The molecule has 1 saturated heterocycles. The second kappa shape index (κ2) is 9.15. The molecule has 0 unspecified atom stereocenters. The molecule has 2 aliphatic rings. The number of carbonyl (C=O) groups is 1. The molecule has 4 rings (SSSR count). The van der Waals surface area contributed by atoms with E-state index in [-0.39, 0.29) is 5.92 Å². The molecule has 2 aromatic rings. The zero-order chi connectivity index (χ0) is 22.0. The SMILES string of the molecule is CCc1ccc(COc2ccc3c(c2)CCC(CN2CC(C(=O)O)C2)=C3C)c(OC)c1. The third kappa shape index (κ3) is 4.62. The van der Waals surface area contributed by atoms with Gasteiger partial charge in [-0.25, -0.2) is 0 Å². The van der Waals surface area contributed by atoms with Crippen LogP contribution in [-0.4, -0.2) is 42.7 Å². The van der Waals surface area contributed by atoms with E-state index in [4.69, 9.17) is 14.6 Å². The molecule has 1 aliphatic carbocycles. The van der Waals surface area contributed by atoms with E-state index in [1.54, 1.807) is 7.11 Å². The van der Waals surface area contributed by atoms with Crippen LogP contribution < -0.4 is 9.47 Å². The number of allylic oxidation sites excluding steroid dienone is 1. The first kappa shape index (κ1) is 21.4. The summed E-state index contributed by atoms with van der Waals surface area (Å²) in [4.78, 5) is 13.3. The van der Waals surface area contributed by atoms with E-state index in [1.165, 1.54) is 27.8 Å². The van der Waals surface area contributed by atoms with Crippen LogP contribution in [-0.2, 0) is 24.2 Å². The molecule has 0 radical (unpaired) electrons. The predicted molar refractivity (Wildman–Crippen MR) is 122 cm³/mol. The Bertz CT molecular complexity index is 1000. The van der Waals surface area contributed by atoms with Gasteiger partial charge in [0.2, 0.25) is 0 Å². The predicted octanol–water partition coefficient (Wildman–Crippen LogP) is 4.57. The minimum Gasteiger partial charge on any atom is -0.496 e. The Morgan fingerprint density at radius 2 is 1.97 bits per heavy atom. The van der Waals surface area contributed by atoms with Crippen molar-refractivity contribution in [1.82, 2.24) is 4.90 Å². The van der Waals surface area contributed by atoms with Gasteiger partial charge in [-0.15, -0.1) is 0 Å². The lowest BCUT2D eigenvalue weighted by atomic mass is 9.85. The molecule has 164 valence electrons. The molecule has 1 N–H and O–H groups in total. The van der Waals surface area contributed by atoms with Gasteiger partial charge in [-0.3, -0.25) is 9.69 Å². The van der Waals surface area contributed by atoms with Crippen LogP contribution in [0.4, 0.5) is 0 Å². The number of ether oxygens (including phenoxy) is 2. The topological polar surface area (TPSA) is 59.0 Å². The Kier molecular flexibility index (Phi) is 6.33. The standard InChI is InChI=1S/C26H31NO4/c1-4-18-5-6-21(25(11-18)30-3)16-31-23-9-10-24-17(2)20(8-7-19(24)12-23)13-27-14-22(15-27)26(28)29/h5-6,9-12,22H,4,7-8,13-16H2,1-3H3,(H,28,29). The van der Waals surface area contributed by atoms with Gasteiger partial charge in [-0.2, -0.15) is 0 Å². The quantitative estimate of drug-likeness (QED) is 0.676. The van der Waals surface area contributed by atoms with Crippen molar-refractivity contribution in [2.75, 3.05) is 26.7 Å². The third-order valence-electron chi connectivity index (χ3n) is 6.58. The van der Waals surface area contributed by atoms with Crippen molar-refractivity contribution in [3.8, 4) is 11.5 Å². The first-order valence-corrected chi connectivity index (χ1v) is 11.0. The highest BCUT2D eigenvalue weighted by molar-refractivity contribution is 5.73. The zero-order valence-corrected chi connectivity index (χ0v) is 18.6. The molecular weight excluding hydrogens is 390 g/mol. The number of rotatable bonds is 8. The number of nitrogens with zero attached hydrogens (tertiary/aromatic N) is 1. The maximum atomic E-state index is 11.0. The summed E-state index contributed by atoms with van der Waals surface area (Å²) in [6, 6.07) is 12.7. The van der Waals surface area contributed by atoms with E-state index in [9.17, 15) is 4.79 Å². The van der Waals surface area contributed by atoms with Crippen LogP contribution in [0.2, 0.25) is 0 Å². The summed E-state index contributed by atoms with van der Waals surface area (Å²) in [7, 11) is 1.70. The maximum absolute atomic E-state index is 11.0. The van der Waals surface area contributed by atoms with Gasteiger partial charge in [0.25, 0.3) is 0 Å². The zero-order valence-electron chi connectivity index (χ0n) is 18.6. The Morgan fingerprint density at radius 3 is 2.68 bits per heavy atom. The second-order valence-corrected chi connectivity index (χ2v) is 8.57. The fourth-order valence-corrected chi connectivity index (χ4v) is 4.51. The largest absolute Gasteiger partial charge is 0.496 e. The molecule has 5 heteroatoms. The number of carboxylic acids is 1. The van der Waals surface area contributed by atoms with Gasteiger partial charge in [-0.1, -0.05) is 30.7 Å². The number of aliphatic carboxylic acids is 1. The van der Waals surface area contributed by atoms with Crippen molar-refractivity contribution < 1.29 is 19.4 Å². The first-order valence-electron chi connectivity index (χ1n) is 11.0. The fourth-order valence-electron chi connectivity index (χ4n) is 4.51. The van der Waals surface area contributed by atoms with Crippen LogP contribution in [0.25, 0.3) is 5.57 Å². The Labute approximate surface area is 184 Å². The minimum atomic E-state index is -0.678. The van der Waals surface area contributed by atoms with E-state index < -0.39 is 5.97 Å². The molecule has 0 spiro atoms. The van der Waals surface area contributed by atoms with Crippen molar-refractivity contribution in [3.63, 3.8) is 0 Å². The normalized spacial score (nSPS) is 16.6. The van der Waals surface area contributed by atoms with Crippen molar-refractivity contribution in [2.45, 2.75) is 39.7 Å². The van der Waals surface area contributed by atoms with Crippen LogP contribution in [0.15, 0.2) is 42.0 Å². The summed E-state index contributed by atoms with van der Waals surface area (Å²) in [6.07, 6.45) is 2.99. The van der Waals surface area contributed by atoms with Crippen LogP contribution in [0.1, 0.15) is 42.5 Å². The number of aryl methyl sites for hydroxylation is 2. The molecular formula is C26H31NO4. The first-order chi connectivity index (χ1) is 15.0. The van der Waals surface area contributed by atoms with Gasteiger partial charge in [0.1, 0.15) is 18.1 Å². The number of hydrogen-bond donors (Lipinski definition) is 1. The van der Waals surface area contributed by atoms with Crippen LogP contribution >= 0.6 is 0 Å². The molecule has 31 heavy (non-hydrogen) atoms. The molecule has 0 aromatic heterocycles. The minimum absolute atomic E-state index is 0.201. The molecule has 5 nitrogen and oxygen atoms in total. The van der Waals surface area contributed by atoms with Gasteiger partial charge < -0.3 is 14.6 Å². The van der Waals surface area contributed by atoms with Crippen molar-refractivity contribution in [2.24, 2.45) is 5.92 Å². The lowest BCUT2D eigenvalue weighted by Crippen LogP contribution is -2.50. The van der Waals surface area contributed by atoms with Crippen molar-refractivity contribution in [1.29, 1.82) is 0 Å². The van der Waals surface area contributed by atoms with E-state index in [0.717, 1.165) is 42.9 Å². The van der Waals surface area contributed by atoms with E-state index in [2.05, 4.69) is 49.1 Å². The van der Waals surface area contributed by atoms with Gasteiger partial charge >= 0.3 is 5.97 Å². The average Bonchev–Trinajstić information content (AvgIpc) is 2.75. The Hall–Kier alpha value is -2.79. The third-order valence-corrected chi connectivity index (χ3v) is 6.58. The summed E-state index contributed by atoms with van der Waals surface area (Å²) in [5.74, 6) is 0.871. The number of benzene rings is 2. The van der Waals surface area contributed by atoms with Gasteiger partial charge in [0, 0.05) is 25.2 Å². The molecule has 1 fully saturated rings. The van der Waals surface area contributed by atoms with Gasteiger partial charge in [0.15, 0.2) is 0 Å². The highest BCUT2D eigenvalue weighted by atomic mass is 16.5. The molecule has 1 heterocycles. The fraction of sp³-hybridized carbons (Fsp3) is 0.423. The lowest BCUT2D eigenvalue weighted by molar-refractivity contribution is -0.147. The number of carboxylic acid groups (broad SMARTS) is 1. The number of likely N-dealkylation sites (tertiary alicyclic amines) is 1. The summed E-state index contributed by atoms with van der Waals surface area (Å²) in [5, 5.41) is 9.08. The summed E-state index contributed by atoms with van der Waals surface area (Å²) < 4.78 is 11.6. The molecule has 0 saturated carbocycles. The van der Waals surface area contributed by atoms with E-state index >= 15 is 0 Å². The van der Waals surface area contributed by atoms with Crippen LogP contribution in [0.5, 0.6) is 11.5 Å².